The second-order valence-electron chi connectivity index (χ2n) is 8.06. The van der Waals surface area contributed by atoms with E-state index in [0.29, 0.717) is 30.9 Å². The van der Waals surface area contributed by atoms with Crippen molar-refractivity contribution in [2.75, 3.05) is 20.3 Å². The molecule has 0 fully saturated rings. The van der Waals surface area contributed by atoms with E-state index < -0.39 is 18.7 Å². The van der Waals surface area contributed by atoms with Crippen molar-refractivity contribution in [3.05, 3.63) is 91.0 Å². The molecule has 0 aliphatic heterocycles. The average Bonchev–Trinajstić information content (AvgIpc) is 2.94. The van der Waals surface area contributed by atoms with E-state index in [1.807, 2.05) is 30.3 Å². The summed E-state index contributed by atoms with van der Waals surface area (Å²) in [6.45, 7) is 3.19. The van der Waals surface area contributed by atoms with Crippen LogP contribution in [0.1, 0.15) is 19.3 Å². The molecule has 1 N–H and O–H groups in total. The molecule has 3 aromatic carbocycles. The van der Waals surface area contributed by atoms with E-state index in [-0.39, 0.29) is 17.7 Å². The molecule has 0 saturated carbocycles. The molecule has 0 radical (unpaired) electrons. The topological polar surface area (TPSA) is 83.5 Å². The molecular formula is C29H28F2O7. The fourth-order valence-corrected chi connectivity index (χ4v) is 3.40. The van der Waals surface area contributed by atoms with Crippen LogP contribution in [0.15, 0.2) is 91.0 Å². The number of unbranched alkanes of at least 4 members (excludes halogenated alkanes) is 2. The molecule has 3 rings (SSSR count). The Bertz CT molecular complexity index is 1230. The first-order valence-corrected chi connectivity index (χ1v) is 11.8. The van der Waals surface area contributed by atoms with Gasteiger partial charge in [-0.2, -0.15) is 13.7 Å². The van der Waals surface area contributed by atoms with Gasteiger partial charge < -0.3 is 14.7 Å². The Balaban J connectivity index is 1.79. The highest BCUT2D eigenvalue weighted by atomic mass is 19.3. The molecule has 0 aromatic heterocycles. The molecule has 0 aliphatic rings. The van der Waals surface area contributed by atoms with Gasteiger partial charge in [0.15, 0.2) is 11.5 Å². The van der Waals surface area contributed by atoms with Gasteiger partial charge in [-0.25, -0.2) is 9.68 Å². The van der Waals surface area contributed by atoms with Crippen LogP contribution in [-0.4, -0.2) is 31.4 Å². The number of ether oxygens (including phenoxy) is 1. The van der Waals surface area contributed by atoms with Crippen molar-refractivity contribution in [2.24, 2.45) is 0 Å². The van der Waals surface area contributed by atoms with E-state index in [1.165, 1.54) is 7.11 Å². The van der Waals surface area contributed by atoms with Gasteiger partial charge in [-0.05, 0) is 72.4 Å². The molecule has 0 unspecified atom stereocenters. The lowest BCUT2D eigenvalue weighted by atomic mass is 9.99. The predicted molar refractivity (Wildman–Crippen MR) is 138 cm³/mol. The maximum Gasteiger partial charge on any atom is 0.383 e. The van der Waals surface area contributed by atoms with Gasteiger partial charge >= 0.3 is 5.97 Å². The summed E-state index contributed by atoms with van der Waals surface area (Å²) < 4.78 is 30.6. The number of aliphatic hydroxyl groups excluding tert-OH is 1. The first-order chi connectivity index (χ1) is 18.4. The summed E-state index contributed by atoms with van der Waals surface area (Å²) in [5.74, 6) is 0.593. The molecule has 0 amide bonds. The highest BCUT2D eigenvalue weighted by molar-refractivity contribution is 5.87. The molecule has 0 aliphatic carbocycles. The molecule has 7 nitrogen and oxygen atoms in total. The lowest BCUT2D eigenvalue weighted by Gasteiger charge is -2.14. The summed E-state index contributed by atoms with van der Waals surface area (Å²) in [4.78, 5) is 31.0. The Morgan fingerprint density at radius 3 is 2.16 bits per heavy atom. The summed E-state index contributed by atoms with van der Waals surface area (Å²) in [6.07, 6.45) is 0.688. The van der Waals surface area contributed by atoms with Crippen LogP contribution in [-0.2, 0) is 14.6 Å². The number of rotatable bonds is 14. The third-order valence-electron chi connectivity index (χ3n) is 5.36. The van der Waals surface area contributed by atoms with Gasteiger partial charge in [0.2, 0.25) is 0 Å². The number of benzene rings is 3. The van der Waals surface area contributed by atoms with Gasteiger partial charge in [0.1, 0.15) is 5.75 Å². The minimum Gasteiger partial charge on any atom is -0.493 e. The highest BCUT2D eigenvalue weighted by Gasteiger charge is 2.12. The van der Waals surface area contributed by atoms with Crippen LogP contribution >= 0.6 is 0 Å². The van der Waals surface area contributed by atoms with Crippen LogP contribution in [0, 0.1) is 0 Å². The van der Waals surface area contributed by atoms with Crippen molar-refractivity contribution in [2.45, 2.75) is 19.3 Å². The van der Waals surface area contributed by atoms with Crippen molar-refractivity contribution in [3.8, 4) is 39.5 Å². The number of allylic oxidation sites excluding steroid dienone is 1. The zero-order chi connectivity index (χ0) is 27.3. The molecule has 0 heterocycles. The van der Waals surface area contributed by atoms with Crippen molar-refractivity contribution < 1.29 is 43.0 Å². The van der Waals surface area contributed by atoms with Crippen LogP contribution in [0.2, 0.25) is 0 Å². The number of halogens is 2. The van der Waals surface area contributed by atoms with E-state index in [0.717, 1.165) is 28.3 Å². The van der Waals surface area contributed by atoms with E-state index in [2.05, 4.69) is 16.4 Å². The summed E-state index contributed by atoms with van der Waals surface area (Å²) in [6, 6.07) is 19.9. The van der Waals surface area contributed by atoms with Gasteiger partial charge in [-0.3, -0.25) is 4.89 Å². The molecule has 0 saturated heterocycles. The maximum absolute atomic E-state index is 12.3. The molecule has 0 atom stereocenters. The van der Waals surface area contributed by atoms with Gasteiger partial charge in [-0.1, -0.05) is 43.0 Å². The minimum atomic E-state index is -1.68. The average molecular weight is 527 g/mol. The van der Waals surface area contributed by atoms with Crippen molar-refractivity contribution in [1.29, 1.82) is 0 Å². The summed E-state index contributed by atoms with van der Waals surface area (Å²) >= 11 is 0. The Labute approximate surface area is 219 Å². The molecule has 3 aromatic rings. The molecule has 0 spiro atoms. The molecule has 0 bridgehead atoms. The van der Waals surface area contributed by atoms with Crippen LogP contribution in [0.25, 0.3) is 22.3 Å². The Morgan fingerprint density at radius 1 is 0.895 bits per heavy atom. The zero-order valence-corrected chi connectivity index (χ0v) is 20.8. The minimum absolute atomic E-state index is 0.129. The van der Waals surface area contributed by atoms with Crippen LogP contribution < -0.4 is 14.5 Å². The lowest BCUT2D eigenvalue weighted by Crippen LogP contribution is -2.12. The Kier molecular flexibility index (Phi) is 10.8. The monoisotopic (exact) mass is 526 g/mol. The molecule has 9 heteroatoms. The summed E-state index contributed by atoms with van der Waals surface area (Å²) in [7, 11) is 1.43. The van der Waals surface area contributed by atoms with Gasteiger partial charge in [0.05, 0.1) is 25.9 Å². The fraction of sp³-hybridized carbons (Fsp3) is 0.207. The normalized spacial score (nSPS) is 10.4. The molecular weight excluding hydrogens is 498 g/mol. The Hall–Kier alpha value is -4.21. The standard InChI is InChI=1S/C29H28F2O7/c1-20(19-32)29(33)38-37-25-14-9-22(10-15-25)26-16-11-23(21-7-12-24(13-8-21)36-34-2)18-27(26)35-17-5-3-4-6-28(30)31/h6-16,18,32H,1,3-5,17,19H2,2H3. The van der Waals surface area contributed by atoms with Gasteiger partial charge in [0.25, 0.3) is 6.08 Å². The van der Waals surface area contributed by atoms with E-state index in [4.69, 9.17) is 19.6 Å². The van der Waals surface area contributed by atoms with Crippen molar-refractivity contribution in [1.82, 2.24) is 0 Å². The molecule has 200 valence electrons. The van der Waals surface area contributed by atoms with Crippen molar-refractivity contribution >= 4 is 5.97 Å². The first kappa shape index (κ1) is 28.4. The lowest BCUT2D eigenvalue weighted by molar-refractivity contribution is -0.209. The maximum atomic E-state index is 12.3. The number of carbonyl (C=O) groups is 1. The quantitative estimate of drug-likeness (QED) is 0.109. The van der Waals surface area contributed by atoms with E-state index >= 15 is 0 Å². The third-order valence-corrected chi connectivity index (χ3v) is 5.36. The fourth-order valence-electron chi connectivity index (χ4n) is 3.40. The third kappa shape index (κ3) is 8.43. The second kappa shape index (κ2) is 14.5. The summed E-state index contributed by atoms with van der Waals surface area (Å²) in [5.41, 5.74) is 3.33. The number of aliphatic hydroxyl groups is 1. The van der Waals surface area contributed by atoms with Crippen LogP contribution in [0.4, 0.5) is 8.78 Å². The van der Waals surface area contributed by atoms with Crippen molar-refractivity contribution in [3.63, 3.8) is 0 Å². The van der Waals surface area contributed by atoms with Crippen LogP contribution in [0.3, 0.4) is 0 Å². The predicted octanol–water partition coefficient (Wildman–Crippen LogP) is 6.68. The Morgan fingerprint density at radius 2 is 1.53 bits per heavy atom. The SMILES string of the molecule is C=C(CO)C(=O)OOc1ccc(-c2ccc(-c3ccc(OOC)cc3)cc2OCCCCC=C(F)F)cc1. The largest absolute Gasteiger partial charge is 0.493 e. The van der Waals surface area contributed by atoms with E-state index in [9.17, 15) is 13.6 Å². The first-order valence-electron chi connectivity index (χ1n) is 11.8. The highest BCUT2D eigenvalue weighted by Crippen LogP contribution is 2.36. The summed E-state index contributed by atoms with van der Waals surface area (Å²) in [5, 5.41) is 8.93. The number of hydrogen-bond donors (Lipinski definition) is 1. The number of carbonyl (C=O) groups excluding carboxylic acids is 1. The zero-order valence-electron chi connectivity index (χ0n) is 20.8. The van der Waals surface area contributed by atoms with Gasteiger partial charge in [0, 0.05) is 5.56 Å². The number of hydrogen-bond acceptors (Lipinski definition) is 7. The second-order valence-corrected chi connectivity index (χ2v) is 8.06. The molecule has 38 heavy (non-hydrogen) atoms. The smallest absolute Gasteiger partial charge is 0.383 e. The van der Waals surface area contributed by atoms with Crippen LogP contribution in [0.5, 0.6) is 17.2 Å². The van der Waals surface area contributed by atoms with E-state index in [1.54, 1.807) is 36.4 Å². The van der Waals surface area contributed by atoms with Gasteiger partial charge in [-0.15, -0.1) is 0 Å².